The van der Waals surface area contributed by atoms with E-state index in [9.17, 15) is 9.18 Å². The SMILES string of the molecule is CCOC(=O)Cc1cccc(F)c1Cl. The minimum absolute atomic E-state index is 0.00440. The van der Waals surface area contributed by atoms with Crippen LogP contribution < -0.4 is 0 Å². The predicted molar refractivity (Wildman–Crippen MR) is 51.7 cm³/mol. The van der Waals surface area contributed by atoms with Crippen molar-refractivity contribution in [2.45, 2.75) is 13.3 Å². The highest BCUT2D eigenvalue weighted by atomic mass is 35.5. The lowest BCUT2D eigenvalue weighted by Gasteiger charge is -2.04. The highest BCUT2D eigenvalue weighted by Crippen LogP contribution is 2.20. The zero-order valence-corrected chi connectivity index (χ0v) is 8.47. The first-order chi connectivity index (χ1) is 6.65. The summed E-state index contributed by atoms with van der Waals surface area (Å²) in [6.45, 7) is 2.02. The average molecular weight is 217 g/mol. The maximum Gasteiger partial charge on any atom is 0.310 e. The lowest BCUT2D eigenvalue weighted by atomic mass is 10.1. The van der Waals surface area contributed by atoms with E-state index in [1.54, 1.807) is 13.0 Å². The summed E-state index contributed by atoms with van der Waals surface area (Å²) in [7, 11) is 0. The van der Waals surface area contributed by atoms with Crippen LogP contribution >= 0.6 is 11.6 Å². The molecule has 4 heteroatoms. The molecule has 0 heterocycles. The van der Waals surface area contributed by atoms with E-state index in [-0.39, 0.29) is 11.4 Å². The van der Waals surface area contributed by atoms with Crippen molar-refractivity contribution < 1.29 is 13.9 Å². The van der Waals surface area contributed by atoms with Gasteiger partial charge in [-0.05, 0) is 18.6 Å². The largest absolute Gasteiger partial charge is 0.466 e. The zero-order chi connectivity index (χ0) is 10.6. The maximum atomic E-state index is 12.9. The molecule has 0 unspecified atom stereocenters. The molecule has 0 spiro atoms. The van der Waals surface area contributed by atoms with Crippen LogP contribution in [0.25, 0.3) is 0 Å². The molecule has 0 fully saturated rings. The van der Waals surface area contributed by atoms with E-state index in [0.29, 0.717) is 12.2 Å². The standard InChI is InChI=1S/C10H10ClFO2/c1-2-14-9(13)6-7-4-3-5-8(12)10(7)11/h3-5H,2,6H2,1H3. The van der Waals surface area contributed by atoms with Gasteiger partial charge in [0.25, 0.3) is 0 Å². The van der Waals surface area contributed by atoms with Crippen LogP contribution in [0, 0.1) is 5.82 Å². The molecule has 14 heavy (non-hydrogen) atoms. The minimum atomic E-state index is -0.520. The smallest absolute Gasteiger partial charge is 0.310 e. The van der Waals surface area contributed by atoms with E-state index in [1.807, 2.05) is 0 Å². The topological polar surface area (TPSA) is 26.3 Å². The van der Waals surface area contributed by atoms with Gasteiger partial charge in [-0.25, -0.2) is 4.39 Å². The first-order valence-corrected chi connectivity index (χ1v) is 4.61. The van der Waals surface area contributed by atoms with Crippen LogP contribution in [0.2, 0.25) is 5.02 Å². The lowest BCUT2D eigenvalue weighted by molar-refractivity contribution is -0.142. The highest BCUT2D eigenvalue weighted by molar-refractivity contribution is 6.31. The van der Waals surface area contributed by atoms with Crippen molar-refractivity contribution in [3.05, 3.63) is 34.6 Å². The molecule has 0 aliphatic heterocycles. The summed E-state index contributed by atoms with van der Waals surface area (Å²) < 4.78 is 17.7. The molecule has 0 bridgehead atoms. The second kappa shape index (κ2) is 4.96. The summed E-state index contributed by atoms with van der Waals surface area (Å²) in [5.74, 6) is -0.923. The third-order valence-electron chi connectivity index (χ3n) is 1.67. The van der Waals surface area contributed by atoms with Gasteiger partial charge in [0.05, 0.1) is 18.1 Å². The van der Waals surface area contributed by atoms with Crippen LogP contribution in [0.1, 0.15) is 12.5 Å². The van der Waals surface area contributed by atoms with Gasteiger partial charge in [0, 0.05) is 0 Å². The highest BCUT2D eigenvalue weighted by Gasteiger charge is 2.10. The maximum absolute atomic E-state index is 12.9. The van der Waals surface area contributed by atoms with E-state index in [2.05, 4.69) is 0 Å². The molecule has 1 rings (SSSR count). The molecule has 0 atom stereocenters. The van der Waals surface area contributed by atoms with Crippen LogP contribution in [0.5, 0.6) is 0 Å². The molecule has 0 aromatic heterocycles. The Hall–Kier alpha value is -1.09. The van der Waals surface area contributed by atoms with E-state index in [4.69, 9.17) is 16.3 Å². The molecule has 0 saturated heterocycles. The van der Waals surface area contributed by atoms with Crippen molar-refractivity contribution in [1.29, 1.82) is 0 Å². The summed E-state index contributed by atoms with van der Waals surface area (Å²) in [5, 5.41) is -0.0134. The van der Waals surface area contributed by atoms with E-state index < -0.39 is 11.8 Å². The number of hydrogen-bond donors (Lipinski definition) is 0. The van der Waals surface area contributed by atoms with Crippen molar-refractivity contribution in [2.75, 3.05) is 6.61 Å². The fourth-order valence-electron chi connectivity index (χ4n) is 1.05. The number of esters is 1. The molecule has 0 N–H and O–H groups in total. The van der Waals surface area contributed by atoms with Crippen molar-refractivity contribution in [3.8, 4) is 0 Å². The van der Waals surface area contributed by atoms with Gasteiger partial charge in [0.15, 0.2) is 0 Å². The predicted octanol–water partition coefficient (Wildman–Crippen LogP) is 2.58. The Morgan fingerprint density at radius 3 is 2.93 bits per heavy atom. The van der Waals surface area contributed by atoms with Crippen molar-refractivity contribution in [2.24, 2.45) is 0 Å². The molecular formula is C10H10ClFO2. The first-order valence-electron chi connectivity index (χ1n) is 4.23. The molecule has 0 aliphatic rings. The summed E-state index contributed by atoms with van der Waals surface area (Å²) in [6.07, 6.45) is 0.00440. The molecule has 1 aromatic carbocycles. The fourth-order valence-corrected chi connectivity index (χ4v) is 1.25. The quantitative estimate of drug-likeness (QED) is 0.726. The Bertz CT molecular complexity index is 339. The number of halogens is 2. The average Bonchev–Trinajstić information content (AvgIpc) is 2.13. The number of rotatable bonds is 3. The Morgan fingerprint density at radius 2 is 2.29 bits per heavy atom. The zero-order valence-electron chi connectivity index (χ0n) is 7.72. The van der Waals surface area contributed by atoms with Crippen molar-refractivity contribution >= 4 is 17.6 Å². The third kappa shape index (κ3) is 2.70. The second-order valence-corrected chi connectivity index (χ2v) is 3.07. The Kier molecular flexibility index (Phi) is 3.89. The third-order valence-corrected chi connectivity index (χ3v) is 2.09. The molecule has 1 aromatic rings. The summed E-state index contributed by atoms with van der Waals surface area (Å²) in [6, 6.07) is 4.36. The first kappa shape index (κ1) is 11.0. The number of carbonyl (C=O) groups excluding carboxylic acids is 1. The molecular weight excluding hydrogens is 207 g/mol. The van der Waals surface area contributed by atoms with Crippen molar-refractivity contribution in [1.82, 2.24) is 0 Å². The van der Waals surface area contributed by atoms with Crippen molar-refractivity contribution in [3.63, 3.8) is 0 Å². The van der Waals surface area contributed by atoms with Gasteiger partial charge in [-0.2, -0.15) is 0 Å². The number of benzene rings is 1. The van der Waals surface area contributed by atoms with Gasteiger partial charge in [-0.3, -0.25) is 4.79 Å². The van der Waals surface area contributed by atoms with Gasteiger partial charge in [-0.15, -0.1) is 0 Å². The van der Waals surface area contributed by atoms with Crippen LogP contribution in [0.4, 0.5) is 4.39 Å². The Morgan fingerprint density at radius 1 is 1.57 bits per heavy atom. The van der Waals surface area contributed by atoms with Crippen LogP contribution in [-0.2, 0) is 16.0 Å². The summed E-state index contributed by atoms with van der Waals surface area (Å²) in [4.78, 5) is 11.1. The monoisotopic (exact) mass is 216 g/mol. The minimum Gasteiger partial charge on any atom is -0.466 e. The normalized spacial score (nSPS) is 9.93. The van der Waals surface area contributed by atoms with Crippen LogP contribution in [0.15, 0.2) is 18.2 Å². The molecule has 0 aliphatic carbocycles. The van der Waals surface area contributed by atoms with Gasteiger partial charge in [-0.1, -0.05) is 23.7 Å². The second-order valence-electron chi connectivity index (χ2n) is 2.69. The Balaban J connectivity index is 2.76. The molecule has 0 amide bonds. The molecule has 76 valence electrons. The van der Waals surface area contributed by atoms with E-state index in [1.165, 1.54) is 12.1 Å². The van der Waals surface area contributed by atoms with E-state index in [0.717, 1.165) is 0 Å². The Labute approximate surface area is 86.6 Å². The van der Waals surface area contributed by atoms with Crippen LogP contribution in [0.3, 0.4) is 0 Å². The number of ether oxygens (including phenoxy) is 1. The molecule has 0 radical (unpaired) electrons. The number of carbonyl (C=O) groups is 1. The van der Waals surface area contributed by atoms with Gasteiger partial charge in [0.2, 0.25) is 0 Å². The van der Waals surface area contributed by atoms with Gasteiger partial charge < -0.3 is 4.74 Å². The van der Waals surface area contributed by atoms with E-state index >= 15 is 0 Å². The van der Waals surface area contributed by atoms with Gasteiger partial charge >= 0.3 is 5.97 Å². The van der Waals surface area contributed by atoms with Crippen LogP contribution in [-0.4, -0.2) is 12.6 Å². The fraction of sp³-hybridized carbons (Fsp3) is 0.300. The molecule has 2 nitrogen and oxygen atoms in total. The van der Waals surface area contributed by atoms with Gasteiger partial charge in [0.1, 0.15) is 5.82 Å². The molecule has 0 saturated carbocycles. The summed E-state index contributed by atoms with van der Waals surface area (Å²) >= 11 is 5.65. The summed E-state index contributed by atoms with van der Waals surface area (Å²) in [5.41, 5.74) is 0.449. The number of hydrogen-bond acceptors (Lipinski definition) is 2. The lowest BCUT2D eigenvalue weighted by Crippen LogP contribution is -2.08.